The minimum atomic E-state index is 0.468. The lowest BCUT2D eigenvalue weighted by atomic mass is 10.2. The number of aromatic amines is 1. The van der Waals surface area contributed by atoms with E-state index in [9.17, 15) is 0 Å². The zero-order chi connectivity index (χ0) is 12.8. The van der Waals surface area contributed by atoms with Crippen molar-refractivity contribution in [2.75, 3.05) is 0 Å². The molecule has 0 aliphatic rings. The normalized spacial score (nSPS) is 10.7. The lowest BCUT2D eigenvalue weighted by Gasteiger charge is -2.02. The highest BCUT2D eigenvalue weighted by atomic mass is 16.5. The van der Waals surface area contributed by atoms with Gasteiger partial charge in [-0.3, -0.25) is 0 Å². The minimum absolute atomic E-state index is 0.468. The third-order valence-corrected chi connectivity index (χ3v) is 2.50. The fraction of sp³-hybridized carbons (Fsp3) is 0.133. The summed E-state index contributed by atoms with van der Waals surface area (Å²) in [7, 11) is 0. The van der Waals surface area contributed by atoms with E-state index in [1.807, 2.05) is 49.4 Å². The number of rotatable bonds is 5. The van der Waals surface area contributed by atoms with Gasteiger partial charge in [0.25, 0.3) is 0 Å². The molecule has 2 rings (SSSR count). The highest BCUT2D eigenvalue weighted by Crippen LogP contribution is 2.15. The Morgan fingerprint density at radius 1 is 1.44 bits per heavy atom. The van der Waals surface area contributed by atoms with Crippen LogP contribution in [0.5, 0.6) is 5.88 Å². The van der Waals surface area contributed by atoms with E-state index in [1.54, 1.807) is 6.20 Å². The first kappa shape index (κ1) is 12.2. The molecule has 0 aliphatic heterocycles. The number of allylic oxidation sites excluding steroid dienone is 1. The van der Waals surface area contributed by atoms with Crippen LogP contribution in [0.3, 0.4) is 0 Å². The molecule has 0 bridgehead atoms. The Morgan fingerprint density at radius 3 is 3.00 bits per heavy atom. The molecule has 2 aromatic rings. The van der Waals surface area contributed by atoms with Crippen LogP contribution in [-0.2, 0) is 6.61 Å². The van der Waals surface area contributed by atoms with Crippen molar-refractivity contribution in [3.63, 3.8) is 0 Å². The minimum Gasteiger partial charge on any atom is -0.471 e. The molecule has 0 saturated carbocycles. The molecule has 92 valence electrons. The van der Waals surface area contributed by atoms with Crippen molar-refractivity contribution < 1.29 is 4.74 Å². The molecule has 1 N–H and O–H groups in total. The van der Waals surface area contributed by atoms with Crippen LogP contribution in [0.25, 0.3) is 12.2 Å². The maximum absolute atomic E-state index is 5.58. The van der Waals surface area contributed by atoms with Gasteiger partial charge >= 0.3 is 0 Å². The summed E-state index contributed by atoms with van der Waals surface area (Å²) in [4.78, 5) is 7.40. The van der Waals surface area contributed by atoms with Crippen LogP contribution in [0.1, 0.15) is 23.9 Å². The summed E-state index contributed by atoms with van der Waals surface area (Å²) in [5.74, 6) is 0.625. The van der Waals surface area contributed by atoms with Crippen LogP contribution in [-0.4, -0.2) is 9.97 Å². The number of hydrogen-bond acceptors (Lipinski definition) is 2. The summed E-state index contributed by atoms with van der Waals surface area (Å²) in [6.07, 6.45) is 7.55. The zero-order valence-corrected chi connectivity index (χ0v) is 10.4. The molecule has 0 aromatic carbocycles. The first-order valence-electron chi connectivity index (χ1n) is 5.84. The monoisotopic (exact) mass is 240 g/mol. The second-order valence-corrected chi connectivity index (χ2v) is 3.82. The highest BCUT2D eigenvalue weighted by molar-refractivity contribution is 5.62. The number of H-pyrrole nitrogens is 1. The van der Waals surface area contributed by atoms with Gasteiger partial charge < -0.3 is 9.72 Å². The van der Waals surface area contributed by atoms with Gasteiger partial charge in [-0.1, -0.05) is 24.8 Å². The van der Waals surface area contributed by atoms with E-state index in [0.717, 1.165) is 17.0 Å². The SMILES string of the molecule is C=Cc1cc(COc2ccccn2)[nH]c1/C=C\C. The van der Waals surface area contributed by atoms with Gasteiger partial charge in [0.05, 0.1) is 5.69 Å². The Morgan fingerprint density at radius 2 is 2.33 bits per heavy atom. The Bertz CT molecular complexity index is 541. The van der Waals surface area contributed by atoms with Gasteiger partial charge in [0, 0.05) is 18.0 Å². The Labute approximate surface area is 107 Å². The van der Waals surface area contributed by atoms with Crippen LogP contribution in [0.2, 0.25) is 0 Å². The molecule has 0 fully saturated rings. The van der Waals surface area contributed by atoms with Gasteiger partial charge in [0.1, 0.15) is 6.61 Å². The standard InChI is InChI=1S/C15H16N2O/c1-3-7-14-12(4-2)10-13(17-14)11-18-15-8-5-6-9-16-15/h3-10,17H,2,11H2,1H3/b7-3-. The van der Waals surface area contributed by atoms with Crippen molar-refractivity contribution in [1.82, 2.24) is 9.97 Å². The average molecular weight is 240 g/mol. The summed E-state index contributed by atoms with van der Waals surface area (Å²) in [5.41, 5.74) is 3.13. The predicted molar refractivity (Wildman–Crippen MR) is 74.2 cm³/mol. The van der Waals surface area contributed by atoms with Crippen LogP contribution in [0.15, 0.2) is 43.1 Å². The third-order valence-electron chi connectivity index (χ3n) is 2.50. The molecule has 0 unspecified atom stereocenters. The van der Waals surface area contributed by atoms with Crippen molar-refractivity contribution in [2.24, 2.45) is 0 Å². The number of nitrogens with one attached hydrogen (secondary N) is 1. The largest absolute Gasteiger partial charge is 0.471 e. The molecule has 3 nitrogen and oxygen atoms in total. The average Bonchev–Trinajstić information content (AvgIpc) is 2.80. The molecule has 0 spiro atoms. The van der Waals surface area contributed by atoms with E-state index in [-0.39, 0.29) is 0 Å². The lowest BCUT2D eigenvalue weighted by molar-refractivity contribution is 0.290. The Kier molecular flexibility index (Phi) is 3.97. The Hall–Kier alpha value is -2.29. The maximum atomic E-state index is 5.58. The topological polar surface area (TPSA) is 37.9 Å². The molecule has 2 aromatic heterocycles. The quantitative estimate of drug-likeness (QED) is 0.866. The van der Waals surface area contributed by atoms with Crippen LogP contribution in [0.4, 0.5) is 0 Å². The van der Waals surface area contributed by atoms with Crippen molar-refractivity contribution in [3.8, 4) is 5.88 Å². The van der Waals surface area contributed by atoms with Crippen molar-refractivity contribution >= 4 is 12.2 Å². The fourth-order valence-electron chi connectivity index (χ4n) is 1.68. The predicted octanol–water partition coefficient (Wildman–Crippen LogP) is 3.66. The summed E-state index contributed by atoms with van der Waals surface area (Å²) >= 11 is 0. The van der Waals surface area contributed by atoms with E-state index >= 15 is 0 Å². The fourth-order valence-corrected chi connectivity index (χ4v) is 1.68. The molecule has 2 heterocycles. The van der Waals surface area contributed by atoms with E-state index in [1.165, 1.54) is 0 Å². The number of hydrogen-bond donors (Lipinski definition) is 1. The second kappa shape index (κ2) is 5.87. The van der Waals surface area contributed by atoms with Crippen molar-refractivity contribution in [1.29, 1.82) is 0 Å². The number of pyridine rings is 1. The Balaban J connectivity index is 2.08. The van der Waals surface area contributed by atoms with E-state index in [4.69, 9.17) is 4.74 Å². The van der Waals surface area contributed by atoms with Gasteiger partial charge in [-0.2, -0.15) is 0 Å². The van der Waals surface area contributed by atoms with Gasteiger partial charge in [-0.05, 0) is 30.7 Å². The molecule has 0 aliphatic carbocycles. The first-order valence-corrected chi connectivity index (χ1v) is 5.84. The molecule has 3 heteroatoms. The molecule has 0 atom stereocenters. The van der Waals surface area contributed by atoms with Crippen LogP contribution in [0, 0.1) is 0 Å². The summed E-state index contributed by atoms with van der Waals surface area (Å²) < 4.78 is 5.58. The van der Waals surface area contributed by atoms with Crippen LogP contribution >= 0.6 is 0 Å². The smallest absolute Gasteiger partial charge is 0.213 e. The molecule has 0 radical (unpaired) electrons. The van der Waals surface area contributed by atoms with Gasteiger partial charge in [0.2, 0.25) is 5.88 Å². The molecule has 0 saturated heterocycles. The summed E-state index contributed by atoms with van der Waals surface area (Å²) in [6, 6.07) is 7.63. The molecular formula is C15H16N2O. The van der Waals surface area contributed by atoms with Gasteiger partial charge in [-0.15, -0.1) is 0 Å². The highest BCUT2D eigenvalue weighted by Gasteiger charge is 2.04. The third kappa shape index (κ3) is 2.88. The van der Waals surface area contributed by atoms with E-state index in [0.29, 0.717) is 12.5 Å². The molecule has 18 heavy (non-hydrogen) atoms. The molecule has 0 amide bonds. The van der Waals surface area contributed by atoms with Crippen molar-refractivity contribution in [2.45, 2.75) is 13.5 Å². The van der Waals surface area contributed by atoms with Gasteiger partial charge in [0.15, 0.2) is 0 Å². The molecular weight excluding hydrogens is 224 g/mol. The maximum Gasteiger partial charge on any atom is 0.213 e. The number of ether oxygens (including phenoxy) is 1. The van der Waals surface area contributed by atoms with Crippen molar-refractivity contribution in [3.05, 3.63) is 60.1 Å². The summed E-state index contributed by atoms with van der Waals surface area (Å²) in [6.45, 7) is 6.25. The van der Waals surface area contributed by atoms with Gasteiger partial charge in [-0.25, -0.2) is 4.98 Å². The number of nitrogens with zero attached hydrogens (tertiary/aromatic N) is 1. The first-order chi connectivity index (χ1) is 8.83. The zero-order valence-electron chi connectivity index (χ0n) is 10.4. The van der Waals surface area contributed by atoms with E-state index in [2.05, 4.69) is 16.5 Å². The second-order valence-electron chi connectivity index (χ2n) is 3.82. The number of aromatic nitrogens is 2. The van der Waals surface area contributed by atoms with E-state index < -0.39 is 0 Å². The lowest BCUT2D eigenvalue weighted by Crippen LogP contribution is -1.96. The summed E-state index contributed by atoms with van der Waals surface area (Å²) in [5, 5.41) is 0. The van der Waals surface area contributed by atoms with Crippen LogP contribution < -0.4 is 4.74 Å².